The van der Waals surface area contributed by atoms with E-state index in [9.17, 15) is 0 Å². The fraction of sp³-hybridized carbons (Fsp3) is 1.00. The van der Waals surface area contributed by atoms with Crippen molar-refractivity contribution in [3.8, 4) is 0 Å². The Morgan fingerprint density at radius 3 is 2.71 bits per heavy atom. The summed E-state index contributed by atoms with van der Waals surface area (Å²) in [4.78, 5) is 0. The Balaban J connectivity index is 2.03. The van der Waals surface area contributed by atoms with Crippen LogP contribution in [0.5, 0.6) is 0 Å². The Kier molecular flexibility index (Phi) is 5.40. The van der Waals surface area contributed by atoms with Crippen LogP contribution in [0.15, 0.2) is 0 Å². The Morgan fingerprint density at radius 2 is 2.07 bits per heavy atom. The molecule has 84 valence electrons. The fourth-order valence-corrected chi connectivity index (χ4v) is 1.61. The molecule has 0 bridgehead atoms. The van der Waals surface area contributed by atoms with Gasteiger partial charge in [-0.2, -0.15) is 0 Å². The third-order valence-corrected chi connectivity index (χ3v) is 2.66. The maximum absolute atomic E-state index is 5.32. The highest BCUT2D eigenvalue weighted by molar-refractivity contribution is 4.84. The average molecular weight is 202 g/mol. The lowest BCUT2D eigenvalue weighted by atomic mass is 9.93. The number of nitrogens with two attached hydrogens (primary N) is 1. The lowest BCUT2D eigenvalue weighted by Gasteiger charge is -2.34. The van der Waals surface area contributed by atoms with E-state index in [1.54, 1.807) is 0 Å². The summed E-state index contributed by atoms with van der Waals surface area (Å²) in [7, 11) is 0. The quantitative estimate of drug-likeness (QED) is 0.601. The molecule has 1 fully saturated rings. The highest BCUT2D eigenvalue weighted by Gasteiger charge is 2.25. The van der Waals surface area contributed by atoms with E-state index in [0.717, 1.165) is 39.2 Å². The predicted molar refractivity (Wildman–Crippen MR) is 56.3 cm³/mol. The second kappa shape index (κ2) is 6.35. The zero-order chi connectivity index (χ0) is 10.3. The minimum atomic E-state index is 0.240. The highest BCUT2D eigenvalue weighted by Crippen LogP contribution is 2.18. The standard InChI is InChI=1S/C10H22N2O2/c1-10(2-6-13-7-3-10)12-5-9-14-8-4-11/h12H,2-9,11H2,1H3. The Hall–Kier alpha value is -0.160. The molecular weight excluding hydrogens is 180 g/mol. The molecule has 0 amide bonds. The minimum absolute atomic E-state index is 0.240. The summed E-state index contributed by atoms with van der Waals surface area (Å²) in [6.07, 6.45) is 2.17. The van der Waals surface area contributed by atoms with Gasteiger partial charge in [0.2, 0.25) is 0 Å². The first-order valence-electron chi connectivity index (χ1n) is 5.37. The van der Waals surface area contributed by atoms with Crippen molar-refractivity contribution in [1.29, 1.82) is 0 Å². The number of rotatable bonds is 6. The first-order valence-corrected chi connectivity index (χ1v) is 5.37. The van der Waals surface area contributed by atoms with E-state index >= 15 is 0 Å². The van der Waals surface area contributed by atoms with Crippen LogP contribution in [0.3, 0.4) is 0 Å². The van der Waals surface area contributed by atoms with Crippen molar-refractivity contribution >= 4 is 0 Å². The van der Waals surface area contributed by atoms with Gasteiger partial charge in [-0.15, -0.1) is 0 Å². The van der Waals surface area contributed by atoms with Gasteiger partial charge in [0, 0.05) is 31.8 Å². The van der Waals surface area contributed by atoms with Crippen LogP contribution in [0.25, 0.3) is 0 Å². The van der Waals surface area contributed by atoms with E-state index in [1.165, 1.54) is 0 Å². The van der Waals surface area contributed by atoms with E-state index in [2.05, 4.69) is 12.2 Å². The van der Waals surface area contributed by atoms with Gasteiger partial charge in [0.1, 0.15) is 0 Å². The van der Waals surface area contributed by atoms with Crippen molar-refractivity contribution in [2.24, 2.45) is 5.73 Å². The smallest absolute Gasteiger partial charge is 0.0591 e. The lowest BCUT2D eigenvalue weighted by Crippen LogP contribution is -2.47. The first kappa shape index (κ1) is 11.9. The highest BCUT2D eigenvalue weighted by atomic mass is 16.5. The van der Waals surface area contributed by atoms with Crippen molar-refractivity contribution in [3.63, 3.8) is 0 Å². The molecule has 0 spiro atoms. The molecule has 3 N–H and O–H groups in total. The summed E-state index contributed by atoms with van der Waals surface area (Å²) in [5.41, 5.74) is 5.56. The number of ether oxygens (including phenoxy) is 2. The molecule has 0 aliphatic carbocycles. The number of nitrogens with one attached hydrogen (secondary N) is 1. The van der Waals surface area contributed by atoms with Crippen LogP contribution < -0.4 is 11.1 Å². The van der Waals surface area contributed by atoms with Crippen LogP contribution >= 0.6 is 0 Å². The van der Waals surface area contributed by atoms with E-state index in [0.29, 0.717) is 13.2 Å². The molecule has 1 saturated heterocycles. The Labute approximate surface area is 86.1 Å². The molecule has 1 aliphatic rings. The minimum Gasteiger partial charge on any atom is -0.381 e. The number of hydrogen-bond acceptors (Lipinski definition) is 4. The molecule has 0 aromatic rings. The summed E-state index contributed by atoms with van der Waals surface area (Å²) in [5, 5.41) is 3.51. The first-order chi connectivity index (χ1) is 6.77. The van der Waals surface area contributed by atoms with Gasteiger partial charge in [0.15, 0.2) is 0 Å². The molecule has 1 rings (SSSR count). The molecule has 4 nitrogen and oxygen atoms in total. The third-order valence-electron chi connectivity index (χ3n) is 2.66. The summed E-state index contributed by atoms with van der Waals surface area (Å²) in [5.74, 6) is 0. The topological polar surface area (TPSA) is 56.5 Å². The van der Waals surface area contributed by atoms with Crippen molar-refractivity contribution in [1.82, 2.24) is 5.32 Å². The molecule has 0 saturated carbocycles. The molecule has 1 aliphatic heterocycles. The largest absolute Gasteiger partial charge is 0.381 e. The van der Waals surface area contributed by atoms with E-state index in [4.69, 9.17) is 15.2 Å². The van der Waals surface area contributed by atoms with Gasteiger partial charge in [-0.1, -0.05) is 0 Å². The molecule has 0 unspecified atom stereocenters. The van der Waals surface area contributed by atoms with Crippen LogP contribution in [-0.4, -0.2) is 45.1 Å². The SMILES string of the molecule is CC1(NCCOCCN)CCOCC1. The second-order valence-electron chi connectivity index (χ2n) is 4.00. The zero-order valence-electron chi connectivity index (χ0n) is 9.05. The van der Waals surface area contributed by atoms with Crippen LogP contribution in [-0.2, 0) is 9.47 Å². The van der Waals surface area contributed by atoms with Gasteiger partial charge < -0.3 is 20.5 Å². The van der Waals surface area contributed by atoms with Crippen molar-refractivity contribution in [3.05, 3.63) is 0 Å². The van der Waals surface area contributed by atoms with E-state index < -0.39 is 0 Å². The van der Waals surface area contributed by atoms with Crippen LogP contribution in [0.4, 0.5) is 0 Å². The van der Waals surface area contributed by atoms with Crippen molar-refractivity contribution in [2.75, 3.05) is 39.5 Å². The zero-order valence-corrected chi connectivity index (χ0v) is 9.05. The Bertz CT molecular complexity index is 147. The molecule has 4 heteroatoms. The van der Waals surface area contributed by atoms with E-state index in [-0.39, 0.29) is 5.54 Å². The van der Waals surface area contributed by atoms with Crippen molar-refractivity contribution < 1.29 is 9.47 Å². The van der Waals surface area contributed by atoms with Crippen LogP contribution in [0, 0.1) is 0 Å². The maximum Gasteiger partial charge on any atom is 0.0591 e. The van der Waals surface area contributed by atoms with Gasteiger partial charge in [0.05, 0.1) is 13.2 Å². The molecular formula is C10H22N2O2. The monoisotopic (exact) mass is 202 g/mol. The predicted octanol–water partition coefficient (Wildman–Crippen LogP) is 0.120. The summed E-state index contributed by atoms with van der Waals surface area (Å²) >= 11 is 0. The normalized spacial score (nSPS) is 21.0. The maximum atomic E-state index is 5.32. The second-order valence-corrected chi connectivity index (χ2v) is 4.00. The molecule has 0 aromatic heterocycles. The van der Waals surface area contributed by atoms with Gasteiger partial charge >= 0.3 is 0 Å². The van der Waals surface area contributed by atoms with Crippen LogP contribution in [0.1, 0.15) is 19.8 Å². The summed E-state index contributed by atoms with van der Waals surface area (Å²) < 4.78 is 10.6. The molecule has 0 radical (unpaired) electrons. The molecule has 1 heterocycles. The van der Waals surface area contributed by atoms with Gasteiger partial charge in [-0.25, -0.2) is 0 Å². The fourth-order valence-electron chi connectivity index (χ4n) is 1.61. The molecule has 0 atom stereocenters. The van der Waals surface area contributed by atoms with Gasteiger partial charge in [-0.05, 0) is 19.8 Å². The third kappa shape index (κ3) is 4.37. The van der Waals surface area contributed by atoms with Crippen LogP contribution in [0.2, 0.25) is 0 Å². The van der Waals surface area contributed by atoms with Gasteiger partial charge in [0.25, 0.3) is 0 Å². The summed E-state index contributed by atoms with van der Waals surface area (Å²) in [6.45, 7) is 6.88. The molecule has 14 heavy (non-hydrogen) atoms. The van der Waals surface area contributed by atoms with Gasteiger partial charge in [-0.3, -0.25) is 0 Å². The number of hydrogen-bond donors (Lipinski definition) is 2. The Morgan fingerprint density at radius 1 is 1.36 bits per heavy atom. The molecule has 0 aromatic carbocycles. The average Bonchev–Trinajstić information content (AvgIpc) is 2.18. The van der Waals surface area contributed by atoms with E-state index in [1.807, 2.05) is 0 Å². The lowest BCUT2D eigenvalue weighted by molar-refractivity contribution is 0.0407. The van der Waals surface area contributed by atoms with Crippen molar-refractivity contribution in [2.45, 2.75) is 25.3 Å². The summed E-state index contributed by atoms with van der Waals surface area (Å²) in [6, 6.07) is 0.